The van der Waals surface area contributed by atoms with E-state index < -0.39 is 0 Å². The van der Waals surface area contributed by atoms with Crippen molar-refractivity contribution in [3.63, 3.8) is 0 Å². The molecule has 3 rings (SSSR count). The minimum Gasteiger partial charge on any atom is -0.493 e. The number of amides is 1. The molecule has 2 aromatic carbocycles. The molecular weight excluding hydrogens is 308 g/mol. The molecule has 124 valence electrons. The first-order valence-electron chi connectivity index (χ1n) is 7.47. The number of carbonyl (C=O) groups excluding carboxylic acids is 1. The number of aryl methyl sites for hydroxylation is 1. The lowest BCUT2D eigenvalue weighted by molar-refractivity contribution is 0.0951. The SMILES string of the molecule is COc1ccc(CNC(=O)c2ccc3oc(C)nc3c2)cc1OC. The fourth-order valence-corrected chi connectivity index (χ4v) is 2.46. The summed E-state index contributed by atoms with van der Waals surface area (Å²) in [6.07, 6.45) is 0. The summed E-state index contributed by atoms with van der Waals surface area (Å²) < 4.78 is 15.9. The Bertz CT molecular complexity index is 886. The molecule has 0 radical (unpaired) electrons. The van der Waals surface area contributed by atoms with Crippen molar-refractivity contribution in [1.82, 2.24) is 10.3 Å². The number of ether oxygens (including phenoxy) is 2. The number of benzene rings is 2. The molecule has 0 unspecified atom stereocenters. The van der Waals surface area contributed by atoms with Crippen molar-refractivity contribution in [2.75, 3.05) is 14.2 Å². The van der Waals surface area contributed by atoms with Gasteiger partial charge in [0.15, 0.2) is 23.0 Å². The maximum Gasteiger partial charge on any atom is 0.251 e. The largest absolute Gasteiger partial charge is 0.493 e. The highest BCUT2D eigenvalue weighted by Gasteiger charge is 2.10. The number of hydrogen-bond donors (Lipinski definition) is 1. The van der Waals surface area contributed by atoms with Gasteiger partial charge in [-0.25, -0.2) is 4.98 Å². The Labute approximate surface area is 139 Å². The van der Waals surface area contributed by atoms with Crippen molar-refractivity contribution in [1.29, 1.82) is 0 Å². The molecular formula is C18H18N2O4. The van der Waals surface area contributed by atoms with Gasteiger partial charge in [0.2, 0.25) is 0 Å². The van der Waals surface area contributed by atoms with Gasteiger partial charge >= 0.3 is 0 Å². The molecule has 0 aliphatic carbocycles. The van der Waals surface area contributed by atoms with Gasteiger partial charge in [-0.15, -0.1) is 0 Å². The van der Waals surface area contributed by atoms with Crippen molar-refractivity contribution < 1.29 is 18.7 Å². The molecule has 1 amide bonds. The second-order valence-corrected chi connectivity index (χ2v) is 5.29. The maximum absolute atomic E-state index is 12.3. The lowest BCUT2D eigenvalue weighted by Crippen LogP contribution is -2.22. The number of aromatic nitrogens is 1. The van der Waals surface area contributed by atoms with Gasteiger partial charge in [0.1, 0.15) is 5.52 Å². The van der Waals surface area contributed by atoms with E-state index in [-0.39, 0.29) is 5.91 Å². The summed E-state index contributed by atoms with van der Waals surface area (Å²) in [6, 6.07) is 10.7. The monoisotopic (exact) mass is 326 g/mol. The normalized spacial score (nSPS) is 10.6. The standard InChI is InChI=1S/C18H18N2O4/c1-11-20-14-9-13(5-7-15(14)24-11)18(21)19-10-12-4-6-16(22-2)17(8-12)23-3/h4-9H,10H2,1-3H3,(H,19,21). The van der Waals surface area contributed by atoms with Crippen LogP contribution in [0.5, 0.6) is 11.5 Å². The third-order valence-electron chi connectivity index (χ3n) is 3.66. The first-order valence-corrected chi connectivity index (χ1v) is 7.47. The van der Waals surface area contributed by atoms with Crippen LogP contribution >= 0.6 is 0 Å². The highest BCUT2D eigenvalue weighted by Crippen LogP contribution is 2.27. The predicted molar refractivity (Wildman–Crippen MR) is 89.5 cm³/mol. The van der Waals surface area contributed by atoms with Gasteiger partial charge in [-0.05, 0) is 35.9 Å². The molecule has 6 heteroatoms. The molecule has 0 aliphatic rings. The average Bonchev–Trinajstić information content (AvgIpc) is 2.98. The van der Waals surface area contributed by atoms with Crippen LogP contribution in [0.3, 0.4) is 0 Å². The molecule has 1 N–H and O–H groups in total. The molecule has 24 heavy (non-hydrogen) atoms. The van der Waals surface area contributed by atoms with Gasteiger partial charge in [-0.1, -0.05) is 6.07 Å². The van der Waals surface area contributed by atoms with Gasteiger partial charge in [0, 0.05) is 19.0 Å². The fraction of sp³-hybridized carbons (Fsp3) is 0.222. The molecule has 0 bridgehead atoms. The van der Waals surface area contributed by atoms with E-state index in [9.17, 15) is 4.79 Å². The molecule has 1 aromatic heterocycles. The molecule has 6 nitrogen and oxygen atoms in total. The Morgan fingerprint density at radius 3 is 2.67 bits per heavy atom. The van der Waals surface area contributed by atoms with E-state index in [4.69, 9.17) is 13.9 Å². The Morgan fingerprint density at radius 1 is 1.12 bits per heavy atom. The van der Waals surface area contributed by atoms with Crippen LogP contribution in [0, 0.1) is 6.92 Å². The Hall–Kier alpha value is -3.02. The van der Waals surface area contributed by atoms with Gasteiger partial charge < -0.3 is 19.2 Å². The molecule has 3 aromatic rings. The lowest BCUT2D eigenvalue weighted by Gasteiger charge is -2.10. The smallest absolute Gasteiger partial charge is 0.251 e. The summed E-state index contributed by atoms with van der Waals surface area (Å²) in [5.74, 6) is 1.68. The number of nitrogens with zero attached hydrogens (tertiary/aromatic N) is 1. The van der Waals surface area contributed by atoms with Crippen molar-refractivity contribution in [2.45, 2.75) is 13.5 Å². The van der Waals surface area contributed by atoms with Crippen molar-refractivity contribution >= 4 is 17.0 Å². The zero-order chi connectivity index (χ0) is 17.1. The summed E-state index contributed by atoms with van der Waals surface area (Å²) in [4.78, 5) is 16.6. The molecule has 0 saturated carbocycles. The van der Waals surface area contributed by atoms with E-state index in [0.717, 1.165) is 5.56 Å². The van der Waals surface area contributed by atoms with Crippen LogP contribution in [0.2, 0.25) is 0 Å². The van der Waals surface area contributed by atoms with Gasteiger partial charge in [0.05, 0.1) is 14.2 Å². The highest BCUT2D eigenvalue weighted by atomic mass is 16.5. The van der Waals surface area contributed by atoms with Crippen molar-refractivity contribution in [3.05, 3.63) is 53.4 Å². The number of carbonyl (C=O) groups is 1. The third kappa shape index (κ3) is 3.17. The van der Waals surface area contributed by atoms with E-state index in [1.54, 1.807) is 39.3 Å². The van der Waals surface area contributed by atoms with E-state index in [1.165, 1.54) is 0 Å². The topological polar surface area (TPSA) is 73.6 Å². The van der Waals surface area contributed by atoms with E-state index in [2.05, 4.69) is 10.3 Å². The number of methoxy groups -OCH3 is 2. The summed E-state index contributed by atoms with van der Waals surface area (Å²) in [7, 11) is 3.16. The zero-order valence-corrected chi connectivity index (χ0v) is 13.8. The third-order valence-corrected chi connectivity index (χ3v) is 3.66. The van der Waals surface area contributed by atoms with Gasteiger partial charge in [0.25, 0.3) is 5.91 Å². The minimum absolute atomic E-state index is 0.174. The number of fused-ring (bicyclic) bond motifs is 1. The van der Waals surface area contributed by atoms with Crippen LogP contribution in [0.25, 0.3) is 11.1 Å². The number of oxazole rings is 1. The quantitative estimate of drug-likeness (QED) is 0.780. The molecule has 1 heterocycles. The average molecular weight is 326 g/mol. The van der Waals surface area contributed by atoms with E-state index in [1.807, 2.05) is 18.2 Å². The number of nitrogens with one attached hydrogen (secondary N) is 1. The van der Waals surface area contributed by atoms with Crippen LogP contribution in [0.4, 0.5) is 0 Å². The first-order chi connectivity index (χ1) is 11.6. The Kier molecular flexibility index (Phi) is 4.37. The molecule has 0 atom stereocenters. The summed E-state index contributed by atoms with van der Waals surface area (Å²) in [5, 5.41) is 2.88. The summed E-state index contributed by atoms with van der Waals surface area (Å²) in [5.41, 5.74) is 2.80. The number of hydrogen-bond acceptors (Lipinski definition) is 5. The van der Waals surface area contributed by atoms with Crippen LogP contribution in [-0.2, 0) is 6.54 Å². The lowest BCUT2D eigenvalue weighted by atomic mass is 10.1. The number of rotatable bonds is 5. The van der Waals surface area contributed by atoms with E-state index in [0.29, 0.717) is 40.6 Å². The van der Waals surface area contributed by atoms with Crippen molar-refractivity contribution in [2.24, 2.45) is 0 Å². The summed E-state index contributed by atoms with van der Waals surface area (Å²) in [6.45, 7) is 2.16. The Morgan fingerprint density at radius 2 is 1.92 bits per heavy atom. The summed E-state index contributed by atoms with van der Waals surface area (Å²) >= 11 is 0. The van der Waals surface area contributed by atoms with Crippen LogP contribution in [0.15, 0.2) is 40.8 Å². The van der Waals surface area contributed by atoms with Gasteiger partial charge in [-0.2, -0.15) is 0 Å². The maximum atomic E-state index is 12.3. The van der Waals surface area contributed by atoms with Crippen LogP contribution in [0.1, 0.15) is 21.8 Å². The first kappa shape index (κ1) is 15.9. The van der Waals surface area contributed by atoms with Crippen LogP contribution in [-0.4, -0.2) is 25.1 Å². The zero-order valence-electron chi connectivity index (χ0n) is 13.8. The second kappa shape index (κ2) is 6.62. The molecule has 0 saturated heterocycles. The fourth-order valence-electron chi connectivity index (χ4n) is 2.46. The molecule has 0 aliphatic heterocycles. The van der Waals surface area contributed by atoms with Crippen LogP contribution < -0.4 is 14.8 Å². The highest BCUT2D eigenvalue weighted by molar-refractivity contribution is 5.97. The van der Waals surface area contributed by atoms with E-state index >= 15 is 0 Å². The minimum atomic E-state index is -0.174. The van der Waals surface area contributed by atoms with Crippen molar-refractivity contribution in [3.8, 4) is 11.5 Å². The second-order valence-electron chi connectivity index (χ2n) is 5.29. The van der Waals surface area contributed by atoms with Gasteiger partial charge in [-0.3, -0.25) is 4.79 Å². The Balaban J connectivity index is 1.72. The molecule has 0 spiro atoms. The predicted octanol–water partition coefficient (Wildman–Crippen LogP) is 3.08. The molecule has 0 fully saturated rings.